The molecule has 110 valence electrons. The normalized spacial score (nSPS) is 15.8. The molecule has 7 nitrogen and oxygen atoms in total. The van der Waals surface area contributed by atoms with Gasteiger partial charge in [0.05, 0.1) is 0 Å². The van der Waals surface area contributed by atoms with Crippen LogP contribution in [0.15, 0.2) is 18.6 Å². The van der Waals surface area contributed by atoms with Crippen molar-refractivity contribution in [3.8, 4) is 0 Å². The molecular weight excluding hydrogens is 288 g/mol. The fourth-order valence-electron chi connectivity index (χ4n) is 2.32. The van der Waals surface area contributed by atoms with E-state index in [1.165, 1.54) is 28.6 Å². The molecule has 1 aliphatic rings. The number of anilines is 2. The molecule has 0 spiro atoms. The highest BCUT2D eigenvalue weighted by Crippen LogP contribution is 2.31. The Labute approximate surface area is 126 Å². The molecule has 4 N–H and O–H groups in total. The molecule has 0 unspecified atom stereocenters. The quantitative estimate of drug-likeness (QED) is 0.787. The van der Waals surface area contributed by atoms with E-state index >= 15 is 0 Å². The molecule has 2 aromatic rings. The molecule has 0 aliphatic carbocycles. The van der Waals surface area contributed by atoms with E-state index in [9.17, 15) is 4.79 Å². The number of hydrogen-bond acceptors (Lipinski definition) is 7. The number of nitrogens with two attached hydrogens (primary N) is 1. The number of nitrogens with one attached hydrogen (secondary N) is 2. The van der Waals surface area contributed by atoms with Crippen molar-refractivity contribution in [2.24, 2.45) is 0 Å². The van der Waals surface area contributed by atoms with Crippen molar-refractivity contribution in [3.05, 3.63) is 29.2 Å². The lowest BCUT2D eigenvalue weighted by atomic mass is 9.97. The van der Waals surface area contributed by atoms with Gasteiger partial charge in [-0.2, -0.15) is 0 Å². The zero-order chi connectivity index (χ0) is 14.7. The Morgan fingerprint density at radius 3 is 2.81 bits per heavy atom. The van der Waals surface area contributed by atoms with Crippen LogP contribution in [0.1, 0.15) is 34.1 Å². The van der Waals surface area contributed by atoms with Gasteiger partial charge in [0.15, 0.2) is 16.6 Å². The van der Waals surface area contributed by atoms with Gasteiger partial charge in [-0.05, 0) is 31.8 Å². The van der Waals surface area contributed by atoms with Crippen molar-refractivity contribution in [3.63, 3.8) is 0 Å². The van der Waals surface area contributed by atoms with Gasteiger partial charge in [0.1, 0.15) is 0 Å². The van der Waals surface area contributed by atoms with Gasteiger partial charge in [0.25, 0.3) is 5.91 Å². The highest BCUT2D eigenvalue weighted by atomic mass is 32.1. The lowest BCUT2D eigenvalue weighted by Crippen LogP contribution is -2.26. The van der Waals surface area contributed by atoms with Gasteiger partial charge < -0.3 is 11.1 Å². The number of aromatic nitrogens is 3. The molecule has 21 heavy (non-hydrogen) atoms. The molecule has 0 bridgehead atoms. The lowest BCUT2D eigenvalue weighted by Gasteiger charge is -2.20. The molecule has 8 heteroatoms. The molecule has 0 atom stereocenters. The van der Waals surface area contributed by atoms with E-state index < -0.39 is 0 Å². The van der Waals surface area contributed by atoms with Crippen molar-refractivity contribution < 1.29 is 4.79 Å². The molecule has 3 rings (SSSR count). The van der Waals surface area contributed by atoms with Crippen LogP contribution in [0, 0.1) is 0 Å². The summed E-state index contributed by atoms with van der Waals surface area (Å²) >= 11 is 1.51. The van der Waals surface area contributed by atoms with Crippen molar-refractivity contribution in [1.82, 2.24) is 20.3 Å². The summed E-state index contributed by atoms with van der Waals surface area (Å²) in [6.07, 6.45) is 6.94. The first-order valence-corrected chi connectivity index (χ1v) is 7.60. The number of piperidine rings is 1. The SMILES string of the molecule is Nc1nccnc1C(=O)Nc1ncc(C2CCNCC2)s1. The van der Waals surface area contributed by atoms with Crippen LogP contribution in [0.3, 0.4) is 0 Å². The summed E-state index contributed by atoms with van der Waals surface area (Å²) in [4.78, 5) is 25.3. The second-order valence-electron chi connectivity index (χ2n) is 4.84. The fourth-order valence-corrected chi connectivity index (χ4v) is 3.30. The molecule has 3 heterocycles. The summed E-state index contributed by atoms with van der Waals surface area (Å²) in [5.74, 6) is 0.257. The number of amides is 1. The van der Waals surface area contributed by atoms with E-state index in [2.05, 4.69) is 25.6 Å². The predicted molar refractivity (Wildman–Crippen MR) is 81.4 cm³/mol. The first kappa shape index (κ1) is 13.9. The number of rotatable bonds is 3. The van der Waals surface area contributed by atoms with E-state index in [0.29, 0.717) is 11.0 Å². The van der Waals surface area contributed by atoms with Crippen LogP contribution in [-0.4, -0.2) is 33.9 Å². The largest absolute Gasteiger partial charge is 0.382 e. The van der Waals surface area contributed by atoms with Crippen LogP contribution in [0.2, 0.25) is 0 Å². The van der Waals surface area contributed by atoms with Crippen molar-refractivity contribution in [2.75, 3.05) is 24.1 Å². The molecule has 2 aromatic heterocycles. The highest BCUT2D eigenvalue weighted by molar-refractivity contribution is 7.15. The van der Waals surface area contributed by atoms with E-state index in [4.69, 9.17) is 5.73 Å². The molecule has 0 saturated carbocycles. The topological polar surface area (TPSA) is 106 Å². The molecule has 1 amide bonds. The standard InChI is InChI=1S/C13H16N6OS/c14-11-10(16-5-6-17-11)12(20)19-13-18-7-9(21-13)8-1-3-15-4-2-8/h5-8,15H,1-4H2,(H2,14,17)(H,18,19,20). The Bertz CT molecular complexity index is 637. The average molecular weight is 304 g/mol. The summed E-state index contributed by atoms with van der Waals surface area (Å²) in [5, 5.41) is 6.63. The van der Waals surface area contributed by atoms with E-state index in [1.807, 2.05) is 6.20 Å². The fraction of sp³-hybridized carbons (Fsp3) is 0.385. The van der Waals surface area contributed by atoms with Gasteiger partial charge in [-0.1, -0.05) is 0 Å². The third-order valence-electron chi connectivity index (χ3n) is 3.43. The predicted octanol–water partition coefficient (Wildman–Crippen LogP) is 1.23. The van der Waals surface area contributed by atoms with Crippen LogP contribution in [-0.2, 0) is 0 Å². The summed E-state index contributed by atoms with van der Waals surface area (Å²) in [6.45, 7) is 2.06. The maximum absolute atomic E-state index is 12.1. The minimum absolute atomic E-state index is 0.116. The Morgan fingerprint density at radius 1 is 1.29 bits per heavy atom. The van der Waals surface area contributed by atoms with Gasteiger partial charge in [0, 0.05) is 23.5 Å². The van der Waals surface area contributed by atoms with Crippen molar-refractivity contribution in [2.45, 2.75) is 18.8 Å². The number of thiazole rings is 1. The molecule has 1 saturated heterocycles. The van der Waals surface area contributed by atoms with Gasteiger partial charge in [-0.15, -0.1) is 11.3 Å². The summed E-state index contributed by atoms with van der Waals surface area (Å²) < 4.78 is 0. The average Bonchev–Trinajstić information content (AvgIpc) is 2.97. The van der Waals surface area contributed by atoms with Crippen molar-refractivity contribution in [1.29, 1.82) is 0 Å². The van der Waals surface area contributed by atoms with Gasteiger partial charge >= 0.3 is 0 Å². The summed E-state index contributed by atoms with van der Waals surface area (Å²) in [7, 11) is 0. The smallest absolute Gasteiger partial charge is 0.279 e. The molecule has 0 radical (unpaired) electrons. The maximum Gasteiger partial charge on any atom is 0.279 e. The monoisotopic (exact) mass is 304 g/mol. The number of carbonyl (C=O) groups excluding carboxylic acids is 1. The Balaban J connectivity index is 1.69. The first-order chi connectivity index (χ1) is 10.2. The van der Waals surface area contributed by atoms with E-state index in [1.54, 1.807) is 0 Å². The highest BCUT2D eigenvalue weighted by Gasteiger charge is 2.19. The zero-order valence-electron chi connectivity index (χ0n) is 11.4. The van der Waals surface area contributed by atoms with E-state index in [0.717, 1.165) is 25.9 Å². The van der Waals surface area contributed by atoms with E-state index in [-0.39, 0.29) is 17.4 Å². The van der Waals surface area contributed by atoms with Crippen LogP contribution < -0.4 is 16.4 Å². The Kier molecular flexibility index (Phi) is 4.07. The maximum atomic E-state index is 12.1. The molecule has 0 aromatic carbocycles. The van der Waals surface area contributed by atoms with Crippen molar-refractivity contribution >= 4 is 28.2 Å². The van der Waals surface area contributed by atoms with Crippen LogP contribution in [0.25, 0.3) is 0 Å². The summed E-state index contributed by atoms with van der Waals surface area (Å²) in [5.41, 5.74) is 5.76. The number of nitrogens with zero attached hydrogens (tertiary/aromatic N) is 3. The van der Waals surface area contributed by atoms with Crippen LogP contribution in [0.5, 0.6) is 0 Å². The van der Waals surface area contributed by atoms with Gasteiger partial charge in [-0.25, -0.2) is 15.0 Å². The Hall–Kier alpha value is -2.06. The summed E-state index contributed by atoms with van der Waals surface area (Å²) in [6, 6.07) is 0. The minimum Gasteiger partial charge on any atom is -0.382 e. The third-order valence-corrected chi connectivity index (χ3v) is 4.50. The lowest BCUT2D eigenvalue weighted by molar-refractivity contribution is 0.102. The van der Waals surface area contributed by atoms with Gasteiger partial charge in [0.2, 0.25) is 0 Å². The second-order valence-corrected chi connectivity index (χ2v) is 5.90. The Morgan fingerprint density at radius 2 is 2.05 bits per heavy atom. The zero-order valence-corrected chi connectivity index (χ0v) is 12.2. The number of hydrogen-bond donors (Lipinski definition) is 3. The van der Waals surface area contributed by atoms with Crippen LogP contribution >= 0.6 is 11.3 Å². The molecular formula is C13H16N6OS. The second kappa shape index (κ2) is 6.15. The number of nitrogen functional groups attached to an aromatic ring is 1. The molecule has 1 aliphatic heterocycles. The first-order valence-electron chi connectivity index (χ1n) is 6.78. The number of carbonyl (C=O) groups is 1. The molecule has 1 fully saturated rings. The minimum atomic E-state index is -0.383. The van der Waals surface area contributed by atoms with Crippen LogP contribution in [0.4, 0.5) is 10.9 Å². The third kappa shape index (κ3) is 3.17. The van der Waals surface area contributed by atoms with Gasteiger partial charge in [-0.3, -0.25) is 10.1 Å².